The Morgan fingerprint density at radius 1 is 0.864 bits per heavy atom. The highest BCUT2D eigenvalue weighted by Gasteiger charge is 2.48. The summed E-state index contributed by atoms with van der Waals surface area (Å²) in [6, 6.07) is 19.1. The lowest BCUT2D eigenvalue weighted by molar-refractivity contribution is -0.113. The average molecular weight is 292 g/mol. The molecule has 2 aromatic carbocycles. The lowest BCUT2D eigenvalue weighted by Gasteiger charge is -2.45. The molecule has 0 saturated heterocycles. The minimum atomic E-state index is -1.07. The van der Waals surface area contributed by atoms with E-state index >= 15 is 0 Å². The molecule has 3 atom stereocenters. The number of rotatable bonds is 2. The van der Waals surface area contributed by atoms with E-state index in [1.165, 1.54) is 0 Å². The summed E-state index contributed by atoms with van der Waals surface area (Å²) in [6.45, 7) is 0. The predicted octanol–water partition coefficient (Wildman–Crippen LogP) is 3.20. The van der Waals surface area contributed by atoms with Crippen LogP contribution in [0.2, 0.25) is 0 Å². The van der Waals surface area contributed by atoms with Gasteiger partial charge in [-0.2, -0.15) is 0 Å². The fourth-order valence-electron chi connectivity index (χ4n) is 3.46. The van der Waals surface area contributed by atoms with Crippen molar-refractivity contribution in [2.45, 2.75) is 30.5 Å². The molecule has 0 amide bonds. The van der Waals surface area contributed by atoms with Crippen molar-refractivity contribution < 1.29 is 10.2 Å². The van der Waals surface area contributed by atoms with Gasteiger partial charge < -0.3 is 10.2 Å². The summed E-state index contributed by atoms with van der Waals surface area (Å²) in [5.41, 5.74) is -0.352. The lowest BCUT2D eigenvalue weighted by Crippen LogP contribution is -2.46. The zero-order valence-corrected chi connectivity index (χ0v) is 12.4. The number of hydrogen-bond acceptors (Lipinski definition) is 2. The third-order valence-electron chi connectivity index (χ3n) is 4.82. The maximum atomic E-state index is 11.1. The van der Waals surface area contributed by atoms with Crippen LogP contribution in [-0.4, -0.2) is 10.2 Å². The van der Waals surface area contributed by atoms with Gasteiger partial charge in [0.1, 0.15) is 5.60 Å². The Labute approximate surface area is 131 Å². The quantitative estimate of drug-likeness (QED) is 0.835. The van der Waals surface area contributed by atoms with E-state index < -0.39 is 17.1 Å². The molecule has 2 aromatic rings. The van der Waals surface area contributed by atoms with Gasteiger partial charge >= 0.3 is 0 Å². The first-order valence-electron chi connectivity index (χ1n) is 7.60. The third-order valence-corrected chi connectivity index (χ3v) is 4.82. The van der Waals surface area contributed by atoms with Gasteiger partial charge in [0.05, 0.1) is 11.5 Å². The van der Waals surface area contributed by atoms with Crippen LogP contribution < -0.4 is 0 Å². The molecule has 0 spiro atoms. The van der Waals surface area contributed by atoms with Crippen molar-refractivity contribution in [3.8, 4) is 12.3 Å². The molecule has 0 radical (unpaired) electrons. The van der Waals surface area contributed by atoms with Crippen molar-refractivity contribution in [1.29, 1.82) is 0 Å². The Kier molecular flexibility index (Phi) is 3.78. The van der Waals surface area contributed by atoms with Crippen molar-refractivity contribution in [1.82, 2.24) is 0 Å². The molecule has 2 N–H and O–H groups in total. The summed E-state index contributed by atoms with van der Waals surface area (Å²) < 4.78 is 0. The first-order valence-corrected chi connectivity index (χ1v) is 7.60. The van der Waals surface area contributed by atoms with Crippen LogP contribution in [0.15, 0.2) is 60.7 Å². The van der Waals surface area contributed by atoms with Crippen LogP contribution in [0.4, 0.5) is 0 Å². The van der Waals surface area contributed by atoms with E-state index in [-0.39, 0.29) is 0 Å². The number of aliphatic hydroxyl groups is 2. The normalized spacial score (nSPS) is 31.4. The molecule has 2 heteroatoms. The monoisotopic (exact) mass is 292 g/mol. The van der Waals surface area contributed by atoms with Crippen molar-refractivity contribution in [3.63, 3.8) is 0 Å². The standard InChI is InChI=1S/C20H20O2/c1-2-16-15-19(21,17-9-5-3-6-10-17)13-14-20(16,22)18-11-7-4-8-12-18/h1,3-12,16,21-22H,13-15H2/t16-,19?,20+/m0/s1. The van der Waals surface area contributed by atoms with Gasteiger partial charge in [0.15, 0.2) is 0 Å². The van der Waals surface area contributed by atoms with Gasteiger partial charge in [-0.3, -0.25) is 0 Å². The molecule has 1 fully saturated rings. The van der Waals surface area contributed by atoms with Crippen LogP contribution in [0.5, 0.6) is 0 Å². The van der Waals surface area contributed by atoms with Crippen LogP contribution in [0.3, 0.4) is 0 Å². The first kappa shape index (κ1) is 14.8. The van der Waals surface area contributed by atoms with E-state index in [0.29, 0.717) is 19.3 Å². The van der Waals surface area contributed by atoms with E-state index in [2.05, 4.69) is 5.92 Å². The molecule has 0 aromatic heterocycles. The number of hydrogen-bond donors (Lipinski definition) is 2. The smallest absolute Gasteiger partial charge is 0.104 e. The fraction of sp³-hybridized carbons (Fsp3) is 0.300. The van der Waals surface area contributed by atoms with Crippen molar-refractivity contribution in [2.24, 2.45) is 5.92 Å². The second-order valence-corrected chi connectivity index (χ2v) is 6.11. The molecule has 0 bridgehead atoms. The van der Waals surface area contributed by atoms with E-state index in [9.17, 15) is 10.2 Å². The van der Waals surface area contributed by atoms with Gasteiger partial charge in [0.25, 0.3) is 0 Å². The molecular formula is C20H20O2. The van der Waals surface area contributed by atoms with Crippen LogP contribution >= 0.6 is 0 Å². The molecule has 22 heavy (non-hydrogen) atoms. The molecule has 0 heterocycles. The number of benzene rings is 2. The van der Waals surface area contributed by atoms with Crippen molar-refractivity contribution in [3.05, 3.63) is 71.8 Å². The first-order chi connectivity index (χ1) is 10.6. The van der Waals surface area contributed by atoms with Gasteiger partial charge in [0.2, 0.25) is 0 Å². The van der Waals surface area contributed by atoms with Gasteiger partial charge in [-0.1, -0.05) is 66.6 Å². The van der Waals surface area contributed by atoms with E-state index in [4.69, 9.17) is 6.42 Å². The summed E-state index contributed by atoms with van der Waals surface area (Å²) in [4.78, 5) is 0. The lowest BCUT2D eigenvalue weighted by atomic mass is 9.64. The Morgan fingerprint density at radius 2 is 1.41 bits per heavy atom. The number of terminal acetylenes is 1. The zero-order chi connectivity index (χ0) is 15.6. The summed E-state index contributed by atoms with van der Waals surface area (Å²) >= 11 is 0. The summed E-state index contributed by atoms with van der Waals surface area (Å²) in [5, 5.41) is 22.1. The zero-order valence-electron chi connectivity index (χ0n) is 12.4. The van der Waals surface area contributed by atoms with Crippen molar-refractivity contribution >= 4 is 0 Å². The van der Waals surface area contributed by atoms with Crippen LogP contribution in [-0.2, 0) is 11.2 Å². The minimum absolute atomic E-state index is 0.360. The second-order valence-electron chi connectivity index (χ2n) is 6.11. The molecular weight excluding hydrogens is 272 g/mol. The second kappa shape index (κ2) is 5.61. The largest absolute Gasteiger partial charge is 0.385 e. The van der Waals surface area contributed by atoms with Gasteiger partial charge in [-0.15, -0.1) is 6.42 Å². The molecule has 2 nitrogen and oxygen atoms in total. The van der Waals surface area contributed by atoms with E-state index in [1.807, 2.05) is 60.7 Å². The summed E-state index contributed by atoms with van der Waals surface area (Å²) in [5.74, 6) is 2.29. The van der Waals surface area contributed by atoms with Gasteiger partial charge in [0, 0.05) is 0 Å². The summed E-state index contributed by atoms with van der Waals surface area (Å²) in [6.07, 6.45) is 6.98. The topological polar surface area (TPSA) is 40.5 Å². The Hall–Kier alpha value is -2.08. The molecule has 1 aliphatic carbocycles. The maximum absolute atomic E-state index is 11.1. The Balaban J connectivity index is 1.94. The van der Waals surface area contributed by atoms with Crippen LogP contribution in [0.25, 0.3) is 0 Å². The predicted molar refractivity (Wildman–Crippen MR) is 86.9 cm³/mol. The Morgan fingerprint density at radius 3 is 1.95 bits per heavy atom. The highest BCUT2D eigenvalue weighted by Crippen LogP contribution is 2.48. The fourth-order valence-corrected chi connectivity index (χ4v) is 3.46. The molecule has 1 unspecified atom stereocenters. The SMILES string of the molecule is C#C[C@H]1CC(O)(c2ccccc2)CC[C@]1(O)c1ccccc1. The molecule has 1 saturated carbocycles. The van der Waals surface area contributed by atoms with E-state index in [0.717, 1.165) is 11.1 Å². The van der Waals surface area contributed by atoms with Crippen LogP contribution in [0.1, 0.15) is 30.4 Å². The molecule has 0 aliphatic heterocycles. The highest BCUT2D eigenvalue weighted by atomic mass is 16.3. The molecule has 1 aliphatic rings. The highest BCUT2D eigenvalue weighted by molar-refractivity contribution is 5.31. The average Bonchev–Trinajstić information content (AvgIpc) is 2.59. The third kappa shape index (κ3) is 2.43. The van der Waals surface area contributed by atoms with Crippen molar-refractivity contribution in [2.75, 3.05) is 0 Å². The van der Waals surface area contributed by atoms with Crippen LogP contribution in [0, 0.1) is 18.3 Å². The van der Waals surface area contributed by atoms with E-state index in [1.54, 1.807) is 0 Å². The van der Waals surface area contributed by atoms with Gasteiger partial charge in [-0.05, 0) is 30.4 Å². The minimum Gasteiger partial charge on any atom is -0.385 e. The molecule has 112 valence electrons. The summed E-state index contributed by atoms with van der Waals surface area (Å²) in [7, 11) is 0. The van der Waals surface area contributed by atoms with Gasteiger partial charge in [-0.25, -0.2) is 0 Å². The molecule has 3 rings (SSSR count). The maximum Gasteiger partial charge on any atom is 0.104 e. The Bertz CT molecular complexity index is 674.